The standard InChI is InChI=1S/C20H33N7O5/c1-30-17-4-2-15(3-5-17)12-23-19-25-18(22-7-9-32-11-10-31-8-6-21)26-20(27-19)24-16(13-28)14-29/h2-5,16,28-29H,6-14,21H2,1H3,(H3,22,23,24,25,26,27). The molecule has 12 heteroatoms. The summed E-state index contributed by atoms with van der Waals surface area (Å²) in [6.45, 7) is 2.82. The van der Waals surface area contributed by atoms with Crippen molar-refractivity contribution in [3.8, 4) is 5.75 Å². The highest BCUT2D eigenvalue weighted by molar-refractivity contribution is 5.43. The molecule has 0 bridgehead atoms. The maximum Gasteiger partial charge on any atom is 0.229 e. The number of aliphatic hydroxyl groups excluding tert-OH is 2. The van der Waals surface area contributed by atoms with Gasteiger partial charge in [0.25, 0.3) is 0 Å². The molecule has 0 saturated carbocycles. The Morgan fingerprint density at radius 1 is 0.875 bits per heavy atom. The van der Waals surface area contributed by atoms with Crippen LogP contribution in [0.4, 0.5) is 17.8 Å². The molecule has 0 amide bonds. The molecule has 178 valence electrons. The Morgan fingerprint density at radius 2 is 1.50 bits per heavy atom. The maximum absolute atomic E-state index is 9.33. The molecule has 0 unspecified atom stereocenters. The van der Waals surface area contributed by atoms with Crippen molar-refractivity contribution in [2.45, 2.75) is 12.6 Å². The minimum atomic E-state index is -0.587. The van der Waals surface area contributed by atoms with Gasteiger partial charge < -0.3 is 46.1 Å². The number of aromatic nitrogens is 3. The van der Waals surface area contributed by atoms with Gasteiger partial charge in [0.2, 0.25) is 17.8 Å². The quantitative estimate of drug-likeness (QED) is 0.173. The van der Waals surface area contributed by atoms with Crippen LogP contribution in [-0.2, 0) is 16.0 Å². The van der Waals surface area contributed by atoms with Crippen LogP contribution in [0.2, 0.25) is 0 Å². The van der Waals surface area contributed by atoms with E-state index < -0.39 is 6.04 Å². The average Bonchev–Trinajstić information content (AvgIpc) is 2.83. The molecule has 0 saturated heterocycles. The maximum atomic E-state index is 9.33. The zero-order valence-corrected chi connectivity index (χ0v) is 18.3. The van der Waals surface area contributed by atoms with Gasteiger partial charge >= 0.3 is 0 Å². The van der Waals surface area contributed by atoms with Crippen molar-refractivity contribution in [2.75, 3.05) is 75.8 Å². The van der Waals surface area contributed by atoms with Crippen LogP contribution in [0.25, 0.3) is 0 Å². The lowest BCUT2D eigenvalue weighted by atomic mass is 10.2. The van der Waals surface area contributed by atoms with Gasteiger partial charge in [0.1, 0.15) is 5.75 Å². The first-order valence-electron chi connectivity index (χ1n) is 10.4. The summed E-state index contributed by atoms with van der Waals surface area (Å²) in [5.74, 6) is 1.67. The summed E-state index contributed by atoms with van der Waals surface area (Å²) in [6.07, 6.45) is 0. The molecule has 0 fully saturated rings. The average molecular weight is 452 g/mol. The lowest BCUT2D eigenvalue weighted by Gasteiger charge is -2.15. The molecule has 12 nitrogen and oxygen atoms in total. The van der Waals surface area contributed by atoms with E-state index in [1.54, 1.807) is 7.11 Å². The summed E-state index contributed by atoms with van der Waals surface area (Å²) in [7, 11) is 1.62. The van der Waals surface area contributed by atoms with Gasteiger partial charge in [-0.3, -0.25) is 0 Å². The van der Waals surface area contributed by atoms with E-state index >= 15 is 0 Å². The zero-order valence-electron chi connectivity index (χ0n) is 18.3. The first-order chi connectivity index (χ1) is 15.7. The van der Waals surface area contributed by atoms with Gasteiger partial charge in [-0.05, 0) is 17.7 Å². The number of benzene rings is 1. The summed E-state index contributed by atoms with van der Waals surface area (Å²) in [4.78, 5) is 13.0. The van der Waals surface area contributed by atoms with E-state index in [0.29, 0.717) is 58.0 Å². The third-order valence-corrected chi connectivity index (χ3v) is 4.18. The molecule has 0 aliphatic carbocycles. The molecular formula is C20H33N7O5. The molecule has 0 radical (unpaired) electrons. The van der Waals surface area contributed by atoms with E-state index in [0.717, 1.165) is 11.3 Å². The smallest absolute Gasteiger partial charge is 0.229 e. The number of hydrogen-bond donors (Lipinski definition) is 6. The van der Waals surface area contributed by atoms with Crippen molar-refractivity contribution in [3.05, 3.63) is 29.8 Å². The van der Waals surface area contributed by atoms with Gasteiger partial charge in [-0.1, -0.05) is 12.1 Å². The van der Waals surface area contributed by atoms with E-state index in [2.05, 4.69) is 30.9 Å². The van der Waals surface area contributed by atoms with E-state index in [1.165, 1.54) is 0 Å². The molecule has 0 aliphatic heterocycles. The first-order valence-corrected chi connectivity index (χ1v) is 10.4. The number of nitrogens with one attached hydrogen (secondary N) is 3. The van der Waals surface area contributed by atoms with E-state index in [4.69, 9.17) is 19.9 Å². The largest absolute Gasteiger partial charge is 0.497 e. The summed E-state index contributed by atoms with van der Waals surface area (Å²) < 4.78 is 15.9. The van der Waals surface area contributed by atoms with Gasteiger partial charge in [-0.25, -0.2) is 0 Å². The number of nitrogens with two attached hydrogens (primary N) is 1. The monoisotopic (exact) mass is 451 g/mol. The fraction of sp³-hybridized carbons (Fsp3) is 0.550. The number of nitrogens with zero attached hydrogens (tertiary/aromatic N) is 3. The minimum absolute atomic E-state index is 0.226. The lowest BCUT2D eigenvalue weighted by molar-refractivity contribution is 0.0547. The van der Waals surface area contributed by atoms with E-state index in [9.17, 15) is 10.2 Å². The van der Waals surface area contributed by atoms with Crippen molar-refractivity contribution in [1.29, 1.82) is 0 Å². The zero-order chi connectivity index (χ0) is 23.0. The number of aliphatic hydroxyl groups is 2. The Balaban J connectivity index is 1.94. The SMILES string of the molecule is COc1ccc(CNc2nc(NCCOCCOCCN)nc(NC(CO)CO)n2)cc1. The predicted molar refractivity (Wildman–Crippen MR) is 121 cm³/mol. The van der Waals surface area contributed by atoms with E-state index in [-0.39, 0.29) is 19.2 Å². The Morgan fingerprint density at radius 3 is 2.12 bits per heavy atom. The summed E-state index contributed by atoms with van der Waals surface area (Å²) >= 11 is 0. The van der Waals surface area contributed by atoms with Crippen LogP contribution in [0.15, 0.2) is 24.3 Å². The first kappa shape index (κ1) is 25.5. The molecule has 1 aromatic heterocycles. The van der Waals surface area contributed by atoms with Crippen LogP contribution in [-0.4, -0.2) is 91.0 Å². The second-order valence-corrected chi connectivity index (χ2v) is 6.65. The van der Waals surface area contributed by atoms with Crippen LogP contribution in [0, 0.1) is 0 Å². The molecular weight excluding hydrogens is 418 g/mol. The van der Waals surface area contributed by atoms with Gasteiger partial charge in [0, 0.05) is 19.6 Å². The predicted octanol–water partition coefficient (Wildman–Crippen LogP) is -0.339. The van der Waals surface area contributed by atoms with Crippen LogP contribution in [0.3, 0.4) is 0 Å². The fourth-order valence-corrected chi connectivity index (χ4v) is 2.50. The van der Waals surface area contributed by atoms with Gasteiger partial charge in [0.05, 0.1) is 52.8 Å². The summed E-state index contributed by atoms with van der Waals surface area (Å²) in [5, 5.41) is 27.8. The Hall–Kier alpha value is -2.77. The third kappa shape index (κ3) is 9.58. The molecule has 2 rings (SSSR count). The van der Waals surface area contributed by atoms with E-state index in [1.807, 2.05) is 24.3 Å². The Bertz CT molecular complexity index is 763. The van der Waals surface area contributed by atoms with Crippen molar-refractivity contribution in [1.82, 2.24) is 15.0 Å². The second-order valence-electron chi connectivity index (χ2n) is 6.65. The lowest BCUT2D eigenvalue weighted by Crippen LogP contribution is -2.29. The molecule has 2 aromatic rings. The Kier molecular flexibility index (Phi) is 12.0. The Labute approximate surface area is 187 Å². The number of ether oxygens (including phenoxy) is 3. The highest BCUT2D eigenvalue weighted by Crippen LogP contribution is 2.14. The number of hydrogen-bond acceptors (Lipinski definition) is 12. The van der Waals surface area contributed by atoms with Crippen molar-refractivity contribution in [2.24, 2.45) is 5.73 Å². The van der Waals surface area contributed by atoms with Crippen LogP contribution in [0.1, 0.15) is 5.56 Å². The van der Waals surface area contributed by atoms with Crippen molar-refractivity contribution >= 4 is 17.8 Å². The van der Waals surface area contributed by atoms with Crippen molar-refractivity contribution < 1.29 is 24.4 Å². The number of anilines is 3. The van der Waals surface area contributed by atoms with Gasteiger partial charge in [-0.15, -0.1) is 0 Å². The van der Waals surface area contributed by atoms with Crippen LogP contribution >= 0.6 is 0 Å². The molecule has 32 heavy (non-hydrogen) atoms. The summed E-state index contributed by atoms with van der Waals surface area (Å²) in [6, 6.07) is 7.04. The minimum Gasteiger partial charge on any atom is -0.497 e. The van der Waals surface area contributed by atoms with Gasteiger partial charge in [0.15, 0.2) is 0 Å². The number of methoxy groups -OCH3 is 1. The fourth-order valence-electron chi connectivity index (χ4n) is 2.50. The summed E-state index contributed by atoms with van der Waals surface area (Å²) in [5.41, 5.74) is 6.37. The van der Waals surface area contributed by atoms with Crippen LogP contribution in [0.5, 0.6) is 5.75 Å². The second kappa shape index (κ2) is 15.1. The van der Waals surface area contributed by atoms with Crippen LogP contribution < -0.4 is 26.4 Å². The molecule has 1 heterocycles. The normalized spacial score (nSPS) is 10.9. The third-order valence-electron chi connectivity index (χ3n) is 4.18. The highest BCUT2D eigenvalue weighted by atomic mass is 16.5. The van der Waals surface area contributed by atoms with Crippen molar-refractivity contribution in [3.63, 3.8) is 0 Å². The highest BCUT2D eigenvalue weighted by Gasteiger charge is 2.11. The molecule has 1 aromatic carbocycles. The molecule has 0 spiro atoms. The molecule has 0 aliphatic rings. The van der Waals surface area contributed by atoms with Gasteiger partial charge in [-0.2, -0.15) is 15.0 Å². The molecule has 0 atom stereocenters. The topological polar surface area (TPSA) is 169 Å². The molecule has 7 N–H and O–H groups in total. The number of rotatable bonds is 17.